The third-order valence-corrected chi connectivity index (χ3v) is 5.61. The molecule has 126 valence electrons. The van der Waals surface area contributed by atoms with Crippen LogP contribution in [-0.2, 0) is 6.42 Å². The summed E-state index contributed by atoms with van der Waals surface area (Å²) in [6.45, 7) is 2.25. The Hall–Kier alpha value is -2.86. The van der Waals surface area contributed by atoms with E-state index in [1.165, 1.54) is 68.3 Å². The predicted octanol–water partition coefficient (Wildman–Crippen LogP) is 7.59. The van der Waals surface area contributed by atoms with Crippen molar-refractivity contribution < 1.29 is 0 Å². The van der Waals surface area contributed by atoms with Crippen molar-refractivity contribution in [1.82, 2.24) is 0 Å². The molecule has 5 aromatic carbocycles. The lowest BCUT2D eigenvalue weighted by Crippen LogP contribution is -1.88. The van der Waals surface area contributed by atoms with Gasteiger partial charge in [0.15, 0.2) is 0 Å². The van der Waals surface area contributed by atoms with Gasteiger partial charge >= 0.3 is 0 Å². The van der Waals surface area contributed by atoms with E-state index in [1.807, 2.05) is 0 Å². The lowest BCUT2D eigenvalue weighted by atomic mass is 9.89. The fraction of sp³-hybridized carbons (Fsp3) is 0.154. The highest BCUT2D eigenvalue weighted by Gasteiger charge is 2.11. The first-order valence-electron chi connectivity index (χ1n) is 9.61. The minimum atomic E-state index is 1.18. The van der Waals surface area contributed by atoms with Crippen LogP contribution in [0.1, 0.15) is 25.3 Å². The third-order valence-electron chi connectivity index (χ3n) is 5.61. The van der Waals surface area contributed by atoms with Crippen LogP contribution < -0.4 is 0 Å². The Kier molecular flexibility index (Phi) is 3.64. The van der Waals surface area contributed by atoms with Crippen LogP contribution in [0.2, 0.25) is 0 Å². The van der Waals surface area contributed by atoms with E-state index in [-0.39, 0.29) is 0 Å². The highest BCUT2D eigenvalue weighted by Crippen LogP contribution is 2.39. The van der Waals surface area contributed by atoms with Crippen molar-refractivity contribution in [3.8, 4) is 11.1 Å². The van der Waals surface area contributed by atoms with E-state index >= 15 is 0 Å². The van der Waals surface area contributed by atoms with Gasteiger partial charge in [-0.2, -0.15) is 0 Å². The van der Waals surface area contributed by atoms with Gasteiger partial charge in [-0.25, -0.2) is 0 Å². The Bertz CT molecular complexity index is 1180. The highest BCUT2D eigenvalue weighted by atomic mass is 14.1. The predicted molar refractivity (Wildman–Crippen MR) is 114 cm³/mol. The van der Waals surface area contributed by atoms with Crippen molar-refractivity contribution in [2.75, 3.05) is 0 Å². The van der Waals surface area contributed by atoms with Crippen molar-refractivity contribution in [3.05, 3.63) is 84.4 Å². The fourth-order valence-corrected chi connectivity index (χ4v) is 4.22. The zero-order chi connectivity index (χ0) is 17.5. The maximum Gasteiger partial charge on any atom is -0.00206 e. The Balaban J connectivity index is 1.73. The second kappa shape index (κ2) is 6.14. The van der Waals surface area contributed by atoms with Gasteiger partial charge < -0.3 is 0 Å². The molecule has 0 saturated heterocycles. The van der Waals surface area contributed by atoms with Gasteiger partial charge in [-0.3, -0.25) is 0 Å². The number of rotatable bonds is 4. The summed E-state index contributed by atoms with van der Waals surface area (Å²) >= 11 is 0. The summed E-state index contributed by atoms with van der Waals surface area (Å²) in [5.41, 5.74) is 4.08. The van der Waals surface area contributed by atoms with E-state index in [1.54, 1.807) is 0 Å². The Morgan fingerprint density at radius 2 is 1.27 bits per heavy atom. The molecule has 0 aliphatic heterocycles. The van der Waals surface area contributed by atoms with Crippen LogP contribution in [0.5, 0.6) is 0 Å². The molecule has 5 aromatic rings. The Labute approximate surface area is 154 Å². The number of unbranched alkanes of at least 4 members (excludes halogenated alkanes) is 1. The minimum absolute atomic E-state index is 1.18. The zero-order valence-corrected chi connectivity index (χ0v) is 15.1. The molecule has 0 spiro atoms. The molecular formula is C26H22. The summed E-state index contributed by atoms with van der Waals surface area (Å²) in [5.74, 6) is 0. The SMILES string of the molecule is CCCCc1ccc(-c2ccc3ccc4cccc5ccc2c3c45)cc1. The normalized spacial score (nSPS) is 11.7. The smallest absolute Gasteiger partial charge is 0.00206 e. The van der Waals surface area contributed by atoms with Gasteiger partial charge in [0.1, 0.15) is 0 Å². The first kappa shape index (κ1) is 15.4. The number of aryl methyl sites for hydroxylation is 1. The second-order valence-electron chi connectivity index (χ2n) is 7.27. The van der Waals surface area contributed by atoms with Gasteiger partial charge in [-0.05, 0) is 61.8 Å². The molecule has 5 rings (SSSR count). The first-order chi connectivity index (χ1) is 12.8. The zero-order valence-electron chi connectivity index (χ0n) is 15.1. The lowest BCUT2D eigenvalue weighted by molar-refractivity contribution is 0.795. The maximum absolute atomic E-state index is 2.30. The van der Waals surface area contributed by atoms with E-state index in [2.05, 4.69) is 85.8 Å². The topological polar surface area (TPSA) is 0 Å². The van der Waals surface area contributed by atoms with Gasteiger partial charge in [0.2, 0.25) is 0 Å². The van der Waals surface area contributed by atoms with Gasteiger partial charge in [-0.1, -0.05) is 92.2 Å². The highest BCUT2D eigenvalue weighted by molar-refractivity contribution is 6.25. The monoisotopic (exact) mass is 334 g/mol. The fourth-order valence-electron chi connectivity index (χ4n) is 4.22. The molecule has 0 saturated carbocycles. The van der Waals surface area contributed by atoms with Crippen molar-refractivity contribution in [3.63, 3.8) is 0 Å². The molecule has 0 N–H and O–H groups in total. The summed E-state index contributed by atoms with van der Waals surface area (Å²) in [7, 11) is 0. The van der Waals surface area contributed by atoms with E-state index in [0.717, 1.165) is 0 Å². The Morgan fingerprint density at radius 1 is 0.615 bits per heavy atom. The van der Waals surface area contributed by atoms with Crippen molar-refractivity contribution in [2.24, 2.45) is 0 Å². The number of benzene rings is 5. The molecule has 0 fully saturated rings. The van der Waals surface area contributed by atoms with Crippen LogP contribution in [0.25, 0.3) is 43.4 Å². The average molecular weight is 334 g/mol. The largest absolute Gasteiger partial charge is 0.0654 e. The molecule has 0 heterocycles. The molecular weight excluding hydrogens is 312 g/mol. The van der Waals surface area contributed by atoms with E-state index in [4.69, 9.17) is 0 Å². The van der Waals surface area contributed by atoms with Gasteiger partial charge in [0.25, 0.3) is 0 Å². The molecule has 26 heavy (non-hydrogen) atoms. The molecule has 0 amide bonds. The first-order valence-corrected chi connectivity index (χ1v) is 9.61. The molecule has 0 unspecified atom stereocenters. The average Bonchev–Trinajstić information content (AvgIpc) is 2.71. The van der Waals surface area contributed by atoms with E-state index in [9.17, 15) is 0 Å². The van der Waals surface area contributed by atoms with Crippen LogP contribution in [0.4, 0.5) is 0 Å². The summed E-state index contributed by atoms with van der Waals surface area (Å²) in [6, 6.07) is 29.4. The number of hydrogen-bond acceptors (Lipinski definition) is 0. The summed E-state index contributed by atoms with van der Waals surface area (Å²) in [4.78, 5) is 0. The quantitative estimate of drug-likeness (QED) is 0.297. The standard InChI is InChI=1S/C26H22/c1-2-3-5-18-8-10-19(11-9-18)23-16-14-22-13-12-20-6-4-7-21-15-17-24(23)26(22)25(20)21/h4,6-17H,2-3,5H2,1H3. The van der Waals surface area contributed by atoms with Crippen molar-refractivity contribution in [2.45, 2.75) is 26.2 Å². The molecule has 0 aliphatic rings. The summed E-state index contributed by atoms with van der Waals surface area (Å²) < 4.78 is 0. The number of hydrogen-bond donors (Lipinski definition) is 0. The van der Waals surface area contributed by atoms with E-state index in [0.29, 0.717) is 0 Å². The van der Waals surface area contributed by atoms with Gasteiger partial charge in [0, 0.05) is 0 Å². The maximum atomic E-state index is 2.30. The van der Waals surface area contributed by atoms with Crippen molar-refractivity contribution in [1.29, 1.82) is 0 Å². The van der Waals surface area contributed by atoms with Crippen molar-refractivity contribution >= 4 is 32.3 Å². The Morgan fingerprint density at radius 3 is 2.00 bits per heavy atom. The molecule has 0 bridgehead atoms. The second-order valence-corrected chi connectivity index (χ2v) is 7.27. The van der Waals surface area contributed by atoms with Gasteiger partial charge in [0.05, 0.1) is 0 Å². The molecule has 0 aromatic heterocycles. The minimum Gasteiger partial charge on any atom is -0.0654 e. The molecule has 0 nitrogen and oxygen atoms in total. The molecule has 0 atom stereocenters. The van der Waals surface area contributed by atoms with Crippen LogP contribution in [0.3, 0.4) is 0 Å². The summed E-state index contributed by atoms with van der Waals surface area (Å²) in [5, 5.41) is 8.12. The summed E-state index contributed by atoms with van der Waals surface area (Å²) in [6.07, 6.45) is 3.68. The molecule has 0 radical (unpaired) electrons. The lowest BCUT2D eigenvalue weighted by Gasteiger charge is -2.14. The van der Waals surface area contributed by atoms with Gasteiger partial charge in [-0.15, -0.1) is 0 Å². The molecule has 0 heteroatoms. The van der Waals surface area contributed by atoms with Crippen LogP contribution >= 0.6 is 0 Å². The van der Waals surface area contributed by atoms with Crippen LogP contribution in [0.15, 0.2) is 78.9 Å². The van der Waals surface area contributed by atoms with E-state index < -0.39 is 0 Å². The van der Waals surface area contributed by atoms with Crippen LogP contribution in [-0.4, -0.2) is 0 Å². The third kappa shape index (κ3) is 2.37. The molecule has 0 aliphatic carbocycles. The van der Waals surface area contributed by atoms with Crippen LogP contribution in [0, 0.1) is 0 Å².